The first-order chi connectivity index (χ1) is 7.58. The van der Waals surface area contributed by atoms with Crippen LogP contribution in [-0.4, -0.2) is 24.3 Å². The van der Waals surface area contributed by atoms with Gasteiger partial charge in [-0.25, -0.2) is 4.39 Å². The van der Waals surface area contributed by atoms with Crippen molar-refractivity contribution in [3.63, 3.8) is 0 Å². The Morgan fingerprint density at radius 1 is 1.31 bits per heavy atom. The zero-order valence-corrected chi connectivity index (χ0v) is 9.70. The molecule has 1 aromatic heterocycles. The van der Waals surface area contributed by atoms with Gasteiger partial charge in [-0.3, -0.25) is 0 Å². The number of hydrogen-bond acceptors (Lipinski definition) is 5. The SMILES string of the molecule is CN(C)c1nnc(-c2ccc(F)c(S)c2)o1. The quantitative estimate of drug-likeness (QED) is 0.816. The van der Waals surface area contributed by atoms with Gasteiger partial charge >= 0.3 is 6.01 Å². The predicted molar refractivity (Wildman–Crippen MR) is 61.3 cm³/mol. The summed E-state index contributed by atoms with van der Waals surface area (Å²) in [4.78, 5) is 1.95. The van der Waals surface area contributed by atoms with Gasteiger partial charge in [-0.1, -0.05) is 5.10 Å². The number of anilines is 1. The molecule has 1 aromatic carbocycles. The standard InChI is InChI=1S/C10H10FN3OS/c1-14(2)10-13-12-9(15-10)6-3-4-7(11)8(16)5-6/h3-5,16H,1-2H3. The van der Waals surface area contributed by atoms with Crippen LogP contribution in [0.2, 0.25) is 0 Å². The second kappa shape index (κ2) is 4.13. The zero-order valence-electron chi connectivity index (χ0n) is 8.81. The molecule has 0 spiro atoms. The molecule has 0 fully saturated rings. The van der Waals surface area contributed by atoms with Gasteiger partial charge < -0.3 is 9.32 Å². The number of halogens is 1. The Kier molecular flexibility index (Phi) is 2.82. The molecule has 1 heterocycles. The summed E-state index contributed by atoms with van der Waals surface area (Å²) in [6.45, 7) is 0. The van der Waals surface area contributed by atoms with Crippen molar-refractivity contribution in [3.8, 4) is 11.5 Å². The van der Waals surface area contributed by atoms with Crippen molar-refractivity contribution >= 4 is 18.6 Å². The summed E-state index contributed by atoms with van der Waals surface area (Å²) in [6, 6.07) is 4.84. The minimum Gasteiger partial charge on any atom is -0.403 e. The second-order valence-electron chi connectivity index (χ2n) is 3.45. The van der Waals surface area contributed by atoms with Crippen molar-refractivity contribution in [2.75, 3.05) is 19.0 Å². The van der Waals surface area contributed by atoms with Crippen molar-refractivity contribution < 1.29 is 8.81 Å². The summed E-state index contributed by atoms with van der Waals surface area (Å²) in [5, 5.41) is 7.70. The van der Waals surface area contributed by atoms with Crippen molar-refractivity contribution in [3.05, 3.63) is 24.0 Å². The van der Waals surface area contributed by atoms with E-state index < -0.39 is 0 Å². The molecule has 0 saturated heterocycles. The molecule has 0 bridgehead atoms. The summed E-state index contributed by atoms with van der Waals surface area (Å²) >= 11 is 3.99. The molecule has 0 amide bonds. The Bertz CT molecular complexity index is 513. The normalized spacial score (nSPS) is 10.5. The first-order valence-electron chi connectivity index (χ1n) is 4.57. The Morgan fingerprint density at radius 3 is 2.62 bits per heavy atom. The van der Waals surface area contributed by atoms with Crippen LogP contribution in [0.25, 0.3) is 11.5 Å². The van der Waals surface area contributed by atoms with Gasteiger partial charge in [0.1, 0.15) is 5.82 Å². The number of nitrogens with zero attached hydrogens (tertiary/aromatic N) is 3. The minimum absolute atomic E-state index is 0.252. The molecule has 0 N–H and O–H groups in total. The lowest BCUT2D eigenvalue weighted by Gasteiger charge is -2.03. The first-order valence-corrected chi connectivity index (χ1v) is 5.02. The van der Waals surface area contributed by atoms with Gasteiger partial charge in [0.05, 0.1) is 0 Å². The summed E-state index contributed by atoms with van der Waals surface area (Å²) in [5.74, 6) is -0.0292. The lowest BCUT2D eigenvalue weighted by molar-refractivity contribution is 0.565. The van der Waals surface area contributed by atoms with Gasteiger partial charge in [0.25, 0.3) is 0 Å². The van der Waals surface area contributed by atoms with Crippen molar-refractivity contribution in [2.24, 2.45) is 0 Å². The molecule has 0 aliphatic rings. The van der Waals surface area contributed by atoms with E-state index >= 15 is 0 Å². The third-order valence-corrected chi connectivity index (χ3v) is 2.33. The smallest absolute Gasteiger partial charge is 0.317 e. The van der Waals surface area contributed by atoms with E-state index in [1.165, 1.54) is 6.07 Å². The maximum Gasteiger partial charge on any atom is 0.317 e. The molecule has 0 radical (unpaired) electrons. The summed E-state index contributed by atoms with van der Waals surface area (Å²) in [6.07, 6.45) is 0. The van der Waals surface area contributed by atoms with Crippen LogP contribution in [0.5, 0.6) is 0 Å². The third-order valence-electron chi connectivity index (χ3n) is 1.99. The molecule has 0 atom stereocenters. The fourth-order valence-corrected chi connectivity index (χ4v) is 1.37. The summed E-state index contributed by atoms with van der Waals surface area (Å²) in [7, 11) is 3.60. The molecule has 6 heteroatoms. The monoisotopic (exact) mass is 239 g/mol. The molecule has 2 aromatic rings. The number of hydrogen-bond donors (Lipinski definition) is 1. The fraction of sp³-hybridized carbons (Fsp3) is 0.200. The van der Waals surface area contributed by atoms with Crippen molar-refractivity contribution in [1.29, 1.82) is 0 Å². The molecule has 16 heavy (non-hydrogen) atoms. The van der Waals surface area contributed by atoms with Gasteiger partial charge in [0.15, 0.2) is 0 Å². The number of rotatable bonds is 2. The summed E-state index contributed by atoms with van der Waals surface area (Å²) in [5.41, 5.74) is 0.645. The van der Waals surface area contributed by atoms with Crippen LogP contribution in [0.3, 0.4) is 0 Å². The largest absolute Gasteiger partial charge is 0.403 e. The molecule has 84 valence electrons. The van der Waals surface area contributed by atoms with E-state index in [1.807, 2.05) is 0 Å². The summed E-state index contributed by atoms with van der Waals surface area (Å²) < 4.78 is 18.4. The lowest BCUT2D eigenvalue weighted by atomic mass is 10.2. The molecule has 0 aliphatic heterocycles. The Balaban J connectivity index is 2.39. The fourth-order valence-electron chi connectivity index (χ4n) is 1.16. The van der Waals surface area contributed by atoms with E-state index in [0.29, 0.717) is 17.5 Å². The van der Waals surface area contributed by atoms with E-state index in [2.05, 4.69) is 22.8 Å². The van der Waals surface area contributed by atoms with E-state index in [9.17, 15) is 4.39 Å². The molecule has 2 rings (SSSR count). The molecule has 0 unspecified atom stereocenters. The number of aromatic nitrogens is 2. The topological polar surface area (TPSA) is 42.2 Å². The molecule has 0 saturated carbocycles. The van der Waals surface area contributed by atoms with Crippen LogP contribution >= 0.6 is 12.6 Å². The van der Waals surface area contributed by atoms with Crippen LogP contribution in [0, 0.1) is 5.82 Å². The van der Waals surface area contributed by atoms with Gasteiger partial charge in [0.2, 0.25) is 5.89 Å². The van der Waals surface area contributed by atoms with Crippen LogP contribution < -0.4 is 4.90 Å². The number of benzene rings is 1. The van der Waals surface area contributed by atoms with Gasteiger partial charge in [0, 0.05) is 24.6 Å². The first kappa shape index (κ1) is 10.9. The molecule has 0 aliphatic carbocycles. The molecular formula is C10H10FN3OS. The van der Waals surface area contributed by atoms with Crippen molar-refractivity contribution in [1.82, 2.24) is 10.2 Å². The van der Waals surface area contributed by atoms with E-state index in [1.54, 1.807) is 31.1 Å². The predicted octanol–water partition coefficient (Wildman–Crippen LogP) is 2.23. The number of thiol groups is 1. The molecule has 4 nitrogen and oxygen atoms in total. The maximum absolute atomic E-state index is 13.0. The van der Waals surface area contributed by atoms with Crippen LogP contribution in [0.15, 0.2) is 27.5 Å². The van der Waals surface area contributed by atoms with Gasteiger partial charge in [-0.15, -0.1) is 17.7 Å². The highest BCUT2D eigenvalue weighted by atomic mass is 32.1. The highest BCUT2D eigenvalue weighted by Gasteiger charge is 2.10. The van der Waals surface area contributed by atoms with Gasteiger partial charge in [-0.05, 0) is 18.2 Å². The van der Waals surface area contributed by atoms with Crippen molar-refractivity contribution in [2.45, 2.75) is 4.90 Å². The maximum atomic E-state index is 13.0. The average Bonchev–Trinajstić information content (AvgIpc) is 2.71. The van der Waals surface area contributed by atoms with E-state index in [-0.39, 0.29) is 10.7 Å². The lowest BCUT2D eigenvalue weighted by Crippen LogP contribution is -2.08. The van der Waals surface area contributed by atoms with Crippen LogP contribution in [0.1, 0.15) is 0 Å². The minimum atomic E-state index is -0.376. The molecular weight excluding hydrogens is 229 g/mol. The second-order valence-corrected chi connectivity index (χ2v) is 3.93. The Hall–Kier alpha value is -1.56. The van der Waals surface area contributed by atoms with Crippen LogP contribution in [-0.2, 0) is 0 Å². The van der Waals surface area contributed by atoms with E-state index in [0.717, 1.165) is 0 Å². The van der Waals surface area contributed by atoms with Gasteiger partial charge in [-0.2, -0.15) is 0 Å². The Morgan fingerprint density at radius 2 is 2.06 bits per heavy atom. The van der Waals surface area contributed by atoms with Crippen LogP contribution in [0.4, 0.5) is 10.4 Å². The highest BCUT2D eigenvalue weighted by molar-refractivity contribution is 7.80. The third kappa shape index (κ3) is 2.01. The highest BCUT2D eigenvalue weighted by Crippen LogP contribution is 2.24. The average molecular weight is 239 g/mol. The zero-order chi connectivity index (χ0) is 11.7. The van der Waals surface area contributed by atoms with E-state index in [4.69, 9.17) is 4.42 Å². The Labute approximate surface area is 97.5 Å².